The minimum absolute atomic E-state index is 0.117. The molecule has 18 heavy (non-hydrogen) atoms. The quantitative estimate of drug-likeness (QED) is 0.870. The highest BCUT2D eigenvalue weighted by Crippen LogP contribution is 2.12. The van der Waals surface area contributed by atoms with Crippen molar-refractivity contribution >= 4 is 5.91 Å². The standard InChI is InChI=1S/C15H24N2O/c1-5-17(14(18)10-15(3,4)16)11-13-8-6-7-12(2)9-13/h6-9H,5,10-11,16H2,1-4H3. The van der Waals surface area contributed by atoms with E-state index in [4.69, 9.17) is 5.73 Å². The molecule has 1 aromatic carbocycles. The van der Waals surface area contributed by atoms with Crippen molar-refractivity contribution in [2.24, 2.45) is 5.73 Å². The predicted octanol–water partition coefficient (Wildman–Crippen LogP) is 2.47. The van der Waals surface area contributed by atoms with Gasteiger partial charge < -0.3 is 10.6 Å². The maximum Gasteiger partial charge on any atom is 0.224 e. The van der Waals surface area contributed by atoms with E-state index >= 15 is 0 Å². The molecule has 0 saturated heterocycles. The van der Waals surface area contributed by atoms with Gasteiger partial charge in [-0.25, -0.2) is 0 Å². The first-order valence-electron chi connectivity index (χ1n) is 6.44. The zero-order valence-corrected chi connectivity index (χ0v) is 11.9. The fourth-order valence-electron chi connectivity index (χ4n) is 1.91. The van der Waals surface area contributed by atoms with Gasteiger partial charge in [-0.1, -0.05) is 29.8 Å². The van der Waals surface area contributed by atoms with Crippen LogP contribution in [-0.2, 0) is 11.3 Å². The highest BCUT2D eigenvalue weighted by atomic mass is 16.2. The van der Waals surface area contributed by atoms with Crippen molar-refractivity contribution in [3.05, 3.63) is 35.4 Å². The predicted molar refractivity (Wildman–Crippen MR) is 75.2 cm³/mol. The van der Waals surface area contributed by atoms with Crippen molar-refractivity contribution in [3.8, 4) is 0 Å². The molecule has 0 aliphatic carbocycles. The number of nitrogens with zero attached hydrogens (tertiary/aromatic N) is 1. The van der Waals surface area contributed by atoms with Gasteiger partial charge in [0, 0.05) is 25.0 Å². The molecule has 1 aromatic rings. The van der Waals surface area contributed by atoms with Gasteiger partial charge in [-0.3, -0.25) is 4.79 Å². The molecular weight excluding hydrogens is 224 g/mol. The number of benzene rings is 1. The Balaban J connectivity index is 2.70. The fraction of sp³-hybridized carbons (Fsp3) is 0.533. The normalized spacial score (nSPS) is 11.4. The van der Waals surface area contributed by atoms with Gasteiger partial charge in [0.1, 0.15) is 0 Å². The highest BCUT2D eigenvalue weighted by molar-refractivity contribution is 5.77. The average Bonchev–Trinajstić information content (AvgIpc) is 2.23. The third-order valence-corrected chi connectivity index (χ3v) is 2.80. The fourth-order valence-corrected chi connectivity index (χ4v) is 1.91. The first-order chi connectivity index (χ1) is 8.31. The van der Waals surface area contributed by atoms with Crippen LogP contribution >= 0.6 is 0 Å². The summed E-state index contributed by atoms with van der Waals surface area (Å²) in [6.45, 7) is 9.19. The molecule has 0 unspecified atom stereocenters. The first kappa shape index (κ1) is 14.7. The van der Waals surface area contributed by atoms with Crippen molar-refractivity contribution in [1.82, 2.24) is 4.90 Å². The number of carbonyl (C=O) groups excluding carboxylic acids is 1. The first-order valence-corrected chi connectivity index (χ1v) is 6.44. The molecule has 0 aromatic heterocycles. The summed E-state index contributed by atoms with van der Waals surface area (Å²) in [5, 5.41) is 0. The van der Waals surface area contributed by atoms with E-state index in [-0.39, 0.29) is 5.91 Å². The maximum atomic E-state index is 12.1. The Bertz CT molecular complexity index is 407. The summed E-state index contributed by atoms with van der Waals surface area (Å²) in [5.74, 6) is 0.117. The van der Waals surface area contributed by atoms with E-state index in [1.54, 1.807) is 0 Å². The Kier molecular flexibility index (Phi) is 4.91. The van der Waals surface area contributed by atoms with Crippen LogP contribution in [0.15, 0.2) is 24.3 Å². The third-order valence-electron chi connectivity index (χ3n) is 2.80. The summed E-state index contributed by atoms with van der Waals surface area (Å²) in [6.07, 6.45) is 0.382. The molecular formula is C15H24N2O. The van der Waals surface area contributed by atoms with Crippen molar-refractivity contribution in [1.29, 1.82) is 0 Å². The van der Waals surface area contributed by atoms with Gasteiger partial charge in [0.2, 0.25) is 5.91 Å². The summed E-state index contributed by atoms with van der Waals surface area (Å²) in [6, 6.07) is 8.25. The van der Waals surface area contributed by atoms with Gasteiger partial charge in [-0.15, -0.1) is 0 Å². The number of aryl methyl sites for hydroxylation is 1. The summed E-state index contributed by atoms with van der Waals surface area (Å²) >= 11 is 0. The van der Waals surface area contributed by atoms with Crippen LogP contribution in [-0.4, -0.2) is 22.9 Å². The van der Waals surface area contributed by atoms with E-state index in [1.807, 2.05) is 31.7 Å². The lowest BCUT2D eigenvalue weighted by Crippen LogP contribution is -2.40. The lowest BCUT2D eigenvalue weighted by atomic mass is 10.0. The van der Waals surface area contributed by atoms with E-state index in [2.05, 4.69) is 25.1 Å². The largest absolute Gasteiger partial charge is 0.339 e. The molecule has 1 amide bonds. The summed E-state index contributed by atoms with van der Waals surface area (Å²) in [7, 11) is 0. The van der Waals surface area contributed by atoms with E-state index in [0.29, 0.717) is 19.5 Å². The van der Waals surface area contributed by atoms with Crippen molar-refractivity contribution in [2.75, 3.05) is 6.54 Å². The lowest BCUT2D eigenvalue weighted by molar-refractivity contribution is -0.132. The van der Waals surface area contributed by atoms with Gasteiger partial charge >= 0.3 is 0 Å². The van der Waals surface area contributed by atoms with Crippen molar-refractivity contribution in [3.63, 3.8) is 0 Å². The number of hydrogen-bond donors (Lipinski definition) is 1. The molecule has 0 spiro atoms. The minimum atomic E-state index is -0.447. The van der Waals surface area contributed by atoms with Crippen LogP contribution in [0.1, 0.15) is 38.3 Å². The van der Waals surface area contributed by atoms with Gasteiger partial charge in [-0.05, 0) is 33.3 Å². The van der Waals surface area contributed by atoms with E-state index in [1.165, 1.54) is 11.1 Å². The van der Waals surface area contributed by atoms with Gasteiger partial charge in [0.25, 0.3) is 0 Å². The zero-order valence-electron chi connectivity index (χ0n) is 11.9. The molecule has 0 bridgehead atoms. The Hall–Kier alpha value is -1.35. The summed E-state index contributed by atoms with van der Waals surface area (Å²) in [5.41, 5.74) is 7.84. The SMILES string of the molecule is CCN(Cc1cccc(C)c1)C(=O)CC(C)(C)N. The maximum absolute atomic E-state index is 12.1. The van der Waals surface area contributed by atoms with E-state index in [0.717, 1.165) is 0 Å². The molecule has 0 heterocycles. The van der Waals surface area contributed by atoms with Gasteiger partial charge in [-0.2, -0.15) is 0 Å². The zero-order chi connectivity index (χ0) is 13.8. The van der Waals surface area contributed by atoms with Crippen LogP contribution in [0.3, 0.4) is 0 Å². The van der Waals surface area contributed by atoms with Crippen molar-refractivity contribution in [2.45, 2.75) is 46.2 Å². The monoisotopic (exact) mass is 248 g/mol. The van der Waals surface area contributed by atoms with Crippen LogP contribution in [0.5, 0.6) is 0 Å². The van der Waals surface area contributed by atoms with E-state index < -0.39 is 5.54 Å². The second-order valence-electron chi connectivity index (χ2n) is 5.56. The smallest absolute Gasteiger partial charge is 0.224 e. The molecule has 0 aliphatic rings. The second kappa shape index (κ2) is 6.01. The van der Waals surface area contributed by atoms with Crippen LogP contribution in [0.4, 0.5) is 0 Å². The number of nitrogens with two attached hydrogens (primary N) is 1. The Morgan fingerprint density at radius 2 is 2.06 bits per heavy atom. The van der Waals surface area contributed by atoms with E-state index in [9.17, 15) is 4.79 Å². The average molecular weight is 248 g/mol. The molecule has 0 aliphatic heterocycles. The Morgan fingerprint density at radius 3 is 2.56 bits per heavy atom. The molecule has 0 atom stereocenters. The van der Waals surface area contributed by atoms with Crippen LogP contribution in [0, 0.1) is 6.92 Å². The molecule has 2 N–H and O–H groups in total. The second-order valence-corrected chi connectivity index (χ2v) is 5.56. The molecule has 100 valence electrons. The summed E-state index contributed by atoms with van der Waals surface area (Å²) in [4.78, 5) is 14.0. The lowest BCUT2D eigenvalue weighted by Gasteiger charge is -2.25. The van der Waals surface area contributed by atoms with Crippen LogP contribution in [0.2, 0.25) is 0 Å². The molecule has 0 fully saturated rings. The number of rotatable bonds is 5. The van der Waals surface area contributed by atoms with Gasteiger partial charge in [0.15, 0.2) is 0 Å². The molecule has 1 rings (SSSR count). The molecule has 0 saturated carbocycles. The summed E-state index contributed by atoms with van der Waals surface area (Å²) < 4.78 is 0. The Morgan fingerprint density at radius 1 is 1.39 bits per heavy atom. The molecule has 3 heteroatoms. The van der Waals surface area contributed by atoms with Crippen LogP contribution < -0.4 is 5.73 Å². The number of hydrogen-bond acceptors (Lipinski definition) is 2. The topological polar surface area (TPSA) is 46.3 Å². The Labute approximate surface area is 110 Å². The molecule has 3 nitrogen and oxygen atoms in total. The van der Waals surface area contributed by atoms with Crippen LogP contribution in [0.25, 0.3) is 0 Å². The van der Waals surface area contributed by atoms with Gasteiger partial charge in [0.05, 0.1) is 0 Å². The molecule has 0 radical (unpaired) electrons. The minimum Gasteiger partial charge on any atom is -0.339 e. The highest BCUT2D eigenvalue weighted by Gasteiger charge is 2.20. The van der Waals surface area contributed by atoms with Crippen molar-refractivity contribution < 1.29 is 4.79 Å². The third kappa shape index (κ3) is 4.88. The number of carbonyl (C=O) groups is 1. The number of amides is 1.